The molecule has 1 aromatic carbocycles. The topological polar surface area (TPSA) is 75.5 Å². The zero-order valence-corrected chi connectivity index (χ0v) is 17.2. The average molecular weight is 402 g/mol. The summed E-state index contributed by atoms with van der Waals surface area (Å²) >= 11 is 1.49. The summed E-state index contributed by atoms with van der Waals surface area (Å²) in [7, 11) is 1.91. The zero-order chi connectivity index (χ0) is 18.4. The van der Waals surface area contributed by atoms with Crippen LogP contribution in [0.4, 0.5) is 5.69 Å². The molecule has 26 heavy (non-hydrogen) atoms. The average Bonchev–Trinajstić information content (AvgIpc) is 3.03. The molecule has 1 aliphatic heterocycles. The number of hydrogen-bond donors (Lipinski definition) is 1. The SMILES string of the molecule is CNCC1CCN(C(=O)c2ccc(SCCC(C)C)c([N+](=O)[O-])c2)C1.Cl. The van der Waals surface area contributed by atoms with E-state index in [-0.39, 0.29) is 28.9 Å². The molecule has 8 heteroatoms. The van der Waals surface area contributed by atoms with E-state index >= 15 is 0 Å². The van der Waals surface area contributed by atoms with Crippen LogP contribution in [0.1, 0.15) is 37.0 Å². The monoisotopic (exact) mass is 401 g/mol. The molecular formula is C18H28ClN3O3S. The van der Waals surface area contributed by atoms with Crippen LogP contribution in [0, 0.1) is 22.0 Å². The zero-order valence-electron chi connectivity index (χ0n) is 15.6. The van der Waals surface area contributed by atoms with Crippen LogP contribution in [-0.2, 0) is 0 Å². The molecule has 2 rings (SSSR count). The maximum absolute atomic E-state index is 12.7. The molecule has 1 unspecified atom stereocenters. The molecule has 146 valence electrons. The van der Waals surface area contributed by atoms with Crippen molar-refractivity contribution in [2.24, 2.45) is 11.8 Å². The lowest BCUT2D eigenvalue weighted by atomic mass is 10.1. The number of benzene rings is 1. The van der Waals surface area contributed by atoms with Gasteiger partial charge in [0.2, 0.25) is 0 Å². The second kappa shape index (κ2) is 10.7. The summed E-state index contributed by atoms with van der Waals surface area (Å²) in [5, 5.41) is 14.5. The van der Waals surface area contributed by atoms with Gasteiger partial charge in [-0.25, -0.2) is 0 Å². The van der Waals surface area contributed by atoms with Gasteiger partial charge < -0.3 is 10.2 Å². The largest absolute Gasteiger partial charge is 0.338 e. The molecule has 6 nitrogen and oxygen atoms in total. The number of carbonyl (C=O) groups is 1. The van der Waals surface area contributed by atoms with E-state index in [0.29, 0.717) is 35.4 Å². The number of rotatable bonds is 8. The van der Waals surface area contributed by atoms with Gasteiger partial charge >= 0.3 is 0 Å². The van der Waals surface area contributed by atoms with Crippen molar-refractivity contribution in [3.8, 4) is 0 Å². The van der Waals surface area contributed by atoms with Gasteiger partial charge in [0, 0.05) is 24.7 Å². The fourth-order valence-corrected chi connectivity index (χ4v) is 4.23. The lowest BCUT2D eigenvalue weighted by Gasteiger charge is -2.17. The van der Waals surface area contributed by atoms with E-state index in [1.165, 1.54) is 17.8 Å². The Kier molecular flexibility index (Phi) is 9.39. The molecule has 0 radical (unpaired) electrons. The van der Waals surface area contributed by atoms with E-state index in [2.05, 4.69) is 19.2 Å². The summed E-state index contributed by atoms with van der Waals surface area (Å²) in [5.74, 6) is 1.74. The van der Waals surface area contributed by atoms with Crippen LogP contribution in [0.3, 0.4) is 0 Å². The summed E-state index contributed by atoms with van der Waals surface area (Å²) in [6, 6.07) is 4.88. The van der Waals surface area contributed by atoms with Crippen molar-refractivity contribution in [3.63, 3.8) is 0 Å². The van der Waals surface area contributed by atoms with Crippen molar-refractivity contribution in [2.45, 2.75) is 31.6 Å². The molecule has 0 spiro atoms. The Morgan fingerprint density at radius 3 is 2.81 bits per heavy atom. The van der Waals surface area contributed by atoms with Gasteiger partial charge in [-0.2, -0.15) is 0 Å². The molecule has 0 aromatic heterocycles. The van der Waals surface area contributed by atoms with Gasteiger partial charge in [0.25, 0.3) is 11.6 Å². The predicted molar refractivity (Wildman–Crippen MR) is 108 cm³/mol. The van der Waals surface area contributed by atoms with Gasteiger partial charge in [-0.15, -0.1) is 24.2 Å². The van der Waals surface area contributed by atoms with Crippen LogP contribution >= 0.6 is 24.2 Å². The normalized spacial score (nSPS) is 16.6. The number of hydrogen-bond acceptors (Lipinski definition) is 5. The first kappa shape index (κ1) is 22.7. The maximum atomic E-state index is 12.7. The van der Waals surface area contributed by atoms with Crippen LogP contribution in [0.5, 0.6) is 0 Å². The molecule has 1 saturated heterocycles. The highest BCUT2D eigenvalue weighted by Gasteiger charge is 2.28. The molecule has 1 aromatic rings. The van der Waals surface area contributed by atoms with E-state index < -0.39 is 0 Å². The first-order chi connectivity index (χ1) is 11.9. The first-order valence-corrected chi connectivity index (χ1v) is 9.76. The third-order valence-corrected chi connectivity index (χ3v) is 5.52. The van der Waals surface area contributed by atoms with Crippen molar-refractivity contribution in [1.29, 1.82) is 0 Å². The number of nitro benzene ring substituents is 1. The summed E-state index contributed by atoms with van der Waals surface area (Å²) < 4.78 is 0. The van der Waals surface area contributed by atoms with Crippen molar-refractivity contribution < 1.29 is 9.72 Å². The van der Waals surface area contributed by atoms with Gasteiger partial charge in [0.15, 0.2) is 0 Å². The number of carbonyl (C=O) groups excluding carboxylic acids is 1. The van der Waals surface area contributed by atoms with Crippen LogP contribution in [0.2, 0.25) is 0 Å². The Bertz CT molecular complexity index is 628. The van der Waals surface area contributed by atoms with Gasteiger partial charge in [0.1, 0.15) is 0 Å². The summed E-state index contributed by atoms with van der Waals surface area (Å²) in [6.45, 7) is 6.57. The fraction of sp³-hybridized carbons (Fsp3) is 0.611. The standard InChI is InChI=1S/C18H27N3O3S.ClH/c1-13(2)7-9-25-17-5-4-15(10-16(17)21(23)24)18(22)20-8-6-14(12-20)11-19-3;/h4-5,10,13-14,19H,6-9,11-12H2,1-3H3;1H. The number of thioether (sulfide) groups is 1. The summed E-state index contributed by atoms with van der Waals surface area (Å²) in [6.07, 6.45) is 1.97. The Labute approximate surface area is 165 Å². The number of amides is 1. The van der Waals surface area contributed by atoms with Gasteiger partial charge in [-0.05, 0) is 56.2 Å². The number of halogens is 1. The highest BCUT2D eigenvalue weighted by atomic mass is 35.5. The minimum Gasteiger partial charge on any atom is -0.338 e. The van der Waals surface area contributed by atoms with Gasteiger partial charge in [0.05, 0.1) is 9.82 Å². The second-order valence-corrected chi connectivity index (χ2v) is 8.07. The summed E-state index contributed by atoms with van der Waals surface area (Å²) in [4.78, 5) is 26.1. The quantitative estimate of drug-likeness (QED) is 0.407. The Balaban J connectivity index is 0.00000338. The van der Waals surface area contributed by atoms with Crippen LogP contribution in [-0.4, -0.2) is 48.2 Å². The molecule has 1 amide bonds. The highest BCUT2D eigenvalue weighted by molar-refractivity contribution is 7.99. The third kappa shape index (κ3) is 6.14. The fourth-order valence-electron chi connectivity index (χ4n) is 2.97. The lowest BCUT2D eigenvalue weighted by molar-refractivity contribution is -0.387. The van der Waals surface area contributed by atoms with Crippen molar-refractivity contribution in [1.82, 2.24) is 10.2 Å². The molecule has 1 aliphatic rings. The van der Waals surface area contributed by atoms with Crippen LogP contribution in [0.15, 0.2) is 23.1 Å². The minimum atomic E-state index is -0.387. The molecule has 1 atom stereocenters. The van der Waals surface area contributed by atoms with E-state index in [1.54, 1.807) is 17.0 Å². The number of nitrogens with one attached hydrogen (secondary N) is 1. The van der Waals surface area contributed by atoms with E-state index in [1.807, 2.05) is 7.05 Å². The molecule has 1 heterocycles. The highest BCUT2D eigenvalue weighted by Crippen LogP contribution is 2.32. The van der Waals surface area contributed by atoms with Crippen LogP contribution in [0.25, 0.3) is 0 Å². The maximum Gasteiger partial charge on any atom is 0.283 e. The second-order valence-electron chi connectivity index (χ2n) is 6.93. The number of nitro groups is 1. The Hall–Kier alpha value is -1.31. The van der Waals surface area contributed by atoms with Crippen molar-refractivity contribution >= 4 is 35.8 Å². The van der Waals surface area contributed by atoms with Crippen LogP contribution < -0.4 is 5.32 Å². The molecule has 1 N–H and O–H groups in total. The van der Waals surface area contributed by atoms with E-state index in [4.69, 9.17) is 0 Å². The number of nitrogens with zero attached hydrogens (tertiary/aromatic N) is 2. The van der Waals surface area contributed by atoms with E-state index in [9.17, 15) is 14.9 Å². The minimum absolute atomic E-state index is 0. The Morgan fingerprint density at radius 1 is 1.46 bits per heavy atom. The summed E-state index contributed by atoms with van der Waals surface area (Å²) in [5.41, 5.74) is 0.440. The molecule has 0 saturated carbocycles. The number of likely N-dealkylation sites (tertiary alicyclic amines) is 1. The smallest absolute Gasteiger partial charge is 0.283 e. The van der Waals surface area contributed by atoms with E-state index in [0.717, 1.165) is 25.1 Å². The van der Waals surface area contributed by atoms with Crippen molar-refractivity contribution in [3.05, 3.63) is 33.9 Å². The Morgan fingerprint density at radius 2 is 2.19 bits per heavy atom. The first-order valence-electron chi connectivity index (χ1n) is 8.77. The lowest BCUT2D eigenvalue weighted by Crippen LogP contribution is -2.30. The molecule has 1 fully saturated rings. The van der Waals surface area contributed by atoms with Gasteiger partial charge in [-0.1, -0.05) is 13.8 Å². The molecule has 0 aliphatic carbocycles. The molecular weight excluding hydrogens is 374 g/mol. The predicted octanol–water partition coefficient (Wildman–Crippen LogP) is 3.84. The molecule has 0 bridgehead atoms. The third-order valence-electron chi connectivity index (χ3n) is 4.42. The van der Waals surface area contributed by atoms with Crippen molar-refractivity contribution in [2.75, 3.05) is 32.4 Å². The van der Waals surface area contributed by atoms with Gasteiger partial charge in [-0.3, -0.25) is 14.9 Å².